The minimum absolute atomic E-state index is 0.216. The second kappa shape index (κ2) is 5.32. The minimum Gasteiger partial charge on any atom is -0.496 e. The smallest absolute Gasteiger partial charge is 0.150 e. The van der Waals surface area contributed by atoms with Gasteiger partial charge in [-0.15, -0.1) is 0 Å². The summed E-state index contributed by atoms with van der Waals surface area (Å²) in [5.74, 6) is 0.00713. The van der Waals surface area contributed by atoms with Crippen LogP contribution in [0.5, 0.6) is 5.75 Å². The van der Waals surface area contributed by atoms with Gasteiger partial charge in [0.1, 0.15) is 17.9 Å². The van der Waals surface area contributed by atoms with Gasteiger partial charge in [-0.3, -0.25) is 4.79 Å². The molecular weight excluding hydrogens is 245 g/mol. The van der Waals surface area contributed by atoms with E-state index in [1.807, 2.05) is 6.07 Å². The van der Waals surface area contributed by atoms with Crippen LogP contribution in [0.3, 0.4) is 0 Å². The van der Waals surface area contributed by atoms with E-state index in [4.69, 9.17) is 10.00 Å². The molecule has 0 aromatic heterocycles. The van der Waals surface area contributed by atoms with Crippen molar-refractivity contribution >= 4 is 6.29 Å². The predicted molar refractivity (Wildman–Crippen MR) is 68.5 cm³/mol. The second-order valence-corrected chi connectivity index (χ2v) is 3.92. The maximum atomic E-state index is 13.5. The van der Waals surface area contributed by atoms with Crippen LogP contribution in [0.2, 0.25) is 0 Å². The second-order valence-electron chi connectivity index (χ2n) is 3.92. The molecule has 4 heteroatoms. The molecule has 0 unspecified atom stereocenters. The number of carbonyl (C=O) groups excluding carboxylic acids is 1. The molecule has 0 aliphatic rings. The van der Waals surface area contributed by atoms with E-state index in [1.165, 1.54) is 13.2 Å². The van der Waals surface area contributed by atoms with E-state index in [0.29, 0.717) is 28.7 Å². The summed E-state index contributed by atoms with van der Waals surface area (Å²) in [4.78, 5) is 10.8. The molecule has 94 valence electrons. The van der Waals surface area contributed by atoms with Crippen molar-refractivity contribution in [3.8, 4) is 22.9 Å². The molecule has 0 radical (unpaired) electrons. The number of halogens is 1. The Balaban J connectivity index is 2.66. The van der Waals surface area contributed by atoms with Crippen molar-refractivity contribution < 1.29 is 13.9 Å². The van der Waals surface area contributed by atoms with E-state index in [2.05, 4.69) is 0 Å². The third-order valence-electron chi connectivity index (χ3n) is 2.70. The zero-order valence-electron chi connectivity index (χ0n) is 10.2. The van der Waals surface area contributed by atoms with Gasteiger partial charge >= 0.3 is 0 Å². The lowest BCUT2D eigenvalue weighted by molar-refractivity contribution is 0.112. The largest absolute Gasteiger partial charge is 0.496 e. The number of aldehydes is 1. The Morgan fingerprint density at radius 1 is 1.26 bits per heavy atom. The van der Waals surface area contributed by atoms with Crippen molar-refractivity contribution in [2.75, 3.05) is 7.11 Å². The Hall–Kier alpha value is -2.67. The number of hydrogen-bond acceptors (Lipinski definition) is 3. The molecular formula is C15H10FNO2. The maximum Gasteiger partial charge on any atom is 0.150 e. The fraction of sp³-hybridized carbons (Fsp3) is 0.0667. The normalized spacial score (nSPS) is 9.74. The summed E-state index contributed by atoms with van der Waals surface area (Å²) in [5.41, 5.74) is 1.74. The first-order valence-corrected chi connectivity index (χ1v) is 5.52. The van der Waals surface area contributed by atoms with E-state index in [9.17, 15) is 9.18 Å². The fourth-order valence-electron chi connectivity index (χ4n) is 1.83. The van der Waals surface area contributed by atoms with E-state index < -0.39 is 5.82 Å². The Bertz CT molecular complexity index is 674. The zero-order chi connectivity index (χ0) is 13.8. The van der Waals surface area contributed by atoms with Crippen LogP contribution in [-0.4, -0.2) is 13.4 Å². The van der Waals surface area contributed by atoms with Crippen LogP contribution in [-0.2, 0) is 0 Å². The number of methoxy groups -OCH3 is 1. The highest BCUT2D eigenvalue weighted by atomic mass is 19.1. The molecule has 3 nitrogen and oxygen atoms in total. The molecule has 0 aliphatic carbocycles. The first-order chi connectivity index (χ1) is 9.17. The Labute approximate surface area is 109 Å². The quantitative estimate of drug-likeness (QED) is 0.791. The number of hydrogen-bond donors (Lipinski definition) is 0. The van der Waals surface area contributed by atoms with Crippen LogP contribution in [0.15, 0.2) is 36.4 Å². The lowest BCUT2D eigenvalue weighted by atomic mass is 10.0. The van der Waals surface area contributed by atoms with Crippen LogP contribution >= 0.6 is 0 Å². The summed E-state index contributed by atoms with van der Waals surface area (Å²) in [6, 6.07) is 10.7. The molecule has 0 saturated carbocycles. The predicted octanol–water partition coefficient (Wildman–Crippen LogP) is 3.19. The molecule has 2 aromatic rings. The average Bonchev–Trinajstić information content (AvgIpc) is 2.45. The van der Waals surface area contributed by atoms with Gasteiger partial charge in [0.2, 0.25) is 0 Å². The van der Waals surface area contributed by atoms with Gasteiger partial charge in [0, 0.05) is 11.1 Å². The summed E-state index contributed by atoms with van der Waals surface area (Å²) in [7, 11) is 1.49. The molecule has 0 bridgehead atoms. The summed E-state index contributed by atoms with van der Waals surface area (Å²) >= 11 is 0. The van der Waals surface area contributed by atoms with Crippen LogP contribution in [0.4, 0.5) is 4.39 Å². The Morgan fingerprint density at radius 3 is 2.68 bits per heavy atom. The van der Waals surface area contributed by atoms with Crippen LogP contribution in [0.1, 0.15) is 15.9 Å². The van der Waals surface area contributed by atoms with Crippen molar-refractivity contribution in [3.63, 3.8) is 0 Å². The molecule has 0 atom stereocenters. The van der Waals surface area contributed by atoms with Crippen LogP contribution < -0.4 is 4.74 Å². The third kappa shape index (κ3) is 2.61. The van der Waals surface area contributed by atoms with Gasteiger partial charge in [0.15, 0.2) is 0 Å². The number of nitrogens with zero attached hydrogens (tertiary/aromatic N) is 1. The van der Waals surface area contributed by atoms with Gasteiger partial charge in [-0.25, -0.2) is 4.39 Å². The lowest BCUT2D eigenvalue weighted by Crippen LogP contribution is -1.92. The molecule has 0 heterocycles. The van der Waals surface area contributed by atoms with Crippen molar-refractivity contribution in [2.45, 2.75) is 0 Å². The van der Waals surface area contributed by atoms with Crippen molar-refractivity contribution in [1.29, 1.82) is 5.26 Å². The number of ether oxygens (including phenoxy) is 1. The van der Waals surface area contributed by atoms with Crippen molar-refractivity contribution in [3.05, 3.63) is 53.3 Å². The summed E-state index contributed by atoms with van der Waals surface area (Å²) in [6.07, 6.45) is 0.702. The number of nitriles is 1. The highest BCUT2D eigenvalue weighted by Gasteiger charge is 2.09. The first kappa shape index (κ1) is 12.8. The number of carbonyl (C=O) groups is 1. The topological polar surface area (TPSA) is 50.1 Å². The standard InChI is InChI=1S/C15H10FNO2/c1-19-15-3-2-10(9-18)6-14(15)12-4-11(8-17)5-13(16)7-12/h2-7,9H,1H3. The number of rotatable bonds is 3. The van der Waals surface area contributed by atoms with Gasteiger partial charge in [0.25, 0.3) is 0 Å². The third-order valence-corrected chi connectivity index (χ3v) is 2.70. The molecule has 0 amide bonds. The molecule has 19 heavy (non-hydrogen) atoms. The van der Waals surface area contributed by atoms with E-state index in [1.54, 1.807) is 24.3 Å². The van der Waals surface area contributed by atoms with Gasteiger partial charge < -0.3 is 4.74 Å². The molecule has 0 spiro atoms. The highest BCUT2D eigenvalue weighted by molar-refractivity contribution is 5.81. The van der Waals surface area contributed by atoms with Gasteiger partial charge in [0.05, 0.1) is 18.7 Å². The van der Waals surface area contributed by atoms with Gasteiger partial charge in [-0.2, -0.15) is 5.26 Å². The Morgan fingerprint density at radius 2 is 2.05 bits per heavy atom. The fourth-order valence-corrected chi connectivity index (χ4v) is 1.83. The molecule has 2 rings (SSSR count). The van der Waals surface area contributed by atoms with Crippen LogP contribution in [0, 0.1) is 17.1 Å². The molecule has 0 aliphatic heterocycles. The van der Waals surface area contributed by atoms with E-state index in [0.717, 1.165) is 6.07 Å². The highest BCUT2D eigenvalue weighted by Crippen LogP contribution is 2.31. The summed E-state index contributed by atoms with van der Waals surface area (Å²) in [6.45, 7) is 0. The van der Waals surface area contributed by atoms with E-state index in [-0.39, 0.29) is 5.56 Å². The summed E-state index contributed by atoms with van der Waals surface area (Å²) < 4.78 is 18.6. The van der Waals surface area contributed by atoms with Crippen LogP contribution in [0.25, 0.3) is 11.1 Å². The zero-order valence-corrected chi connectivity index (χ0v) is 10.2. The molecule has 0 fully saturated rings. The Kier molecular flexibility index (Phi) is 3.58. The molecule has 2 aromatic carbocycles. The van der Waals surface area contributed by atoms with Gasteiger partial charge in [-0.05, 0) is 42.0 Å². The van der Waals surface area contributed by atoms with Gasteiger partial charge in [-0.1, -0.05) is 0 Å². The average molecular weight is 255 g/mol. The lowest BCUT2D eigenvalue weighted by Gasteiger charge is -2.09. The molecule has 0 saturated heterocycles. The van der Waals surface area contributed by atoms with Crippen molar-refractivity contribution in [2.24, 2.45) is 0 Å². The molecule has 0 N–H and O–H groups in total. The SMILES string of the molecule is COc1ccc(C=O)cc1-c1cc(F)cc(C#N)c1. The van der Waals surface area contributed by atoms with Crippen molar-refractivity contribution in [1.82, 2.24) is 0 Å². The van der Waals surface area contributed by atoms with E-state index >= 15 is 0 Å². The first-order valence-electron chi connectivity index (χ1n) is 5.52. The number of benzene rings is 2. The minimum atomic E-state index is -0.507. The monoisotopic (exact) mass is 255 g/mol. The maximum absolute atomic E-state index is 13.5. The summed E-state index contributed by atoms with van der Waals surface area (Å²) in [5, 5.41) is 8.86.